The minimum atomic E-state index is -1.57. The van der Waals surface area contributed by atoms with E-state index in [0.717, 1.165) is 12.5 Å². The van der Waals surface area contributed by atoms with Crippen LogP contribution in [0.5, 0.6) is 0 Å². The number of rotatable bonds is 7. The first-order chi connectivity index (χ1) is 6.20. The Balaban J connectivity index is 3.56. The summed E-state index contributed by atoms with van der Waals surface area (Å²) in [5, 5.41) is 0. The quantitative estimate of drug-likeness (QED) is 0.355. The molecule has 0 radical (unpaired) electrons. The molecule has 76 valence electrons. The molecule has 0 N–H and O–H groups in total. The Morgan fingerprint density at radius 3 is 2.69 bits per heavy atom. The zero-order valence-corrected chi connectivity index (χ0v) is 9.60. The summed E-state index contributed by atoms with van der Waals surface area (Å²) in [5.41, 5.74) is 0. The lowest BCUT2D eigenvalue weighted by atomic mass is 10.2. The van der Waals surface area contributed by atoms with E-state index < -0.39 is 9.28 Å². The molecule has 0 aromatic rings. The van der Waals surface area contributed by atoms with Crippen LogP contribution in [0.25, 0.3) is 0 Å². The zero-order chi connectivity index (χ0) is 10.1. The van der Waals surface area contributed by atoms with E-state index in [1.54, 1.807) is 7.11 Å². The lowest BCUT2D eigenvalue weighted by Gasteiger charge is -2.13. The molecule has 0 heterocycles. The SMILES string of the molecule is CO[SiH](CCC(C)C)OCN=C=O. The molecule has 1 atom stereocenters. The van der Waals surface area contributed by atoms with E-state index in [0.29, 0.717) is 5.92 Å². The van der Waals surface area contributed by atoms with Gasteiger partial charge in [0.2, 0.25) is 6.08 Å². The van der Waals surface area contributed by atoms with Crippen molar-refractivity contribution in [3.63, 3.8) is 0 Å². The van der Waals surface area contributed by atoms with Gasteiger partial charge in [-0.25, -0.2) is 4.79 Å². The maximum absolute atomic E-state index is 9.74. The topological polar surface area (TPSA) is 47.9 Å². The van der Waals surface area contributed by atoms with Gasteiger partial charge in [-0.2, -0.15) is 4.99 Å². The molecule has 13 heavy (non-hydrogen) atoms. The maximum atomic E-state index is 9.74. The first-order valence-electron chi connectivity index (χ1n) is 4.38. The molecule has 0 spiro atoms. The lowest BCUT2D eigenvalue weighted by molar-refractivity contribution is 0.234. The lowest BCUT2D eigenvalue weighted by Crippen LogP contribution is -2.21. The molecule has 4 nitrogen and oxygen atoms in total. The molecule has 0 aliphatic heterocycles. The first-order valence-corrected chi connectivity index (χ1v) is 6.14. The van der Waals surface area contributed by atoms with Crippen LogP contribution in [0.2, 0.25) is 6.04 Å². The molecule has 0 aromatic carbocycles. The van der Waals surface area contributed by atoms with E-state index in [4.69, 9.17) is 8.85 Å². The van der Waals surface area contributed by atoms with E-state index in [-0.39, 0.29) is 6.73 Å². The third kappa shape index (κ3) is 7.86. The van der Waals surface area contributed by atoms with Gasteiger partial charge in [0.05, 0.1) is 0 Å². The molecule has 5 heteroatoms. The molecular formula is C8H17NO3Si. The van der Waals surface area contributed by atoms with Crippen LogP contribution in [0.15, 0.2) is 4.99 Å². The van der Waals surface area contributed by atoms with Gasteiger partial charge in [-0.05, 0) is 18.4 Å². The Labute approximate surface area is 80.8 Å². The van der Waals surface area contributed by atoms with Gasteiger partial charge in [0, 0.05) is 7.11 Å². The van der Waals surface area contributed by atoms with Crippen LogP contribution in [-0.4, -0.2) is 29.2 Å². The van der Waals surface area contributed by atoms with Crippen LogP contribution in [0.1, 0.15) is 20.3 Å². The summed E-state index contributed by atoms with van der Waals surface area (Å²) in [5.74, 6) is 0.656. The average molecular weight is 203 g/mol. The summed E-state index contributed by atoms with van der Waals surface area (Å²) in [4.78, 5) is 13.1. The summed E-state index contributed by atoms with van der Waals surface area (Å²) < 4.78 is 10.4. The van der Waals surface area contributed by atoms with Crippen LogP contribution >= 0.6 is 0 Å². The summed E-state index contributed by atoms with van der Waals surface area (Å²) >= 11 is 0. The van der Waals surface area contributed by atoms with Crippen LogP contribution in [-0.2, 0) is 13.6 Å². The normalized spacial score (nSPS) is 12.6. The second kappa shape index (κ2) is 8.13. The summed E-state index contributed by atoms with van der Waals surface area (Å²) in [7, 11) is 0.0674. The number of nitrogens with zero attached hydrogens (tertiary/aromatic N) is 1. The second-order valence-electron chi connectivity index (χ2n) is 3.18. The maximum Gasteiger partial charge on any atom is 0.322 e. The zero-order valence-electron chi connectivity index (χ0n) is 8.45. The van der Waals surface area contributed by atoms with E-state index in [1.807, 2.05) is 0 Å². The highest BCUT2D eigenvalue weighted by Gasteiger charge is 2.11. The first kappa shape index (κ1) is 12.5. The van der Waals surface area contributed by atoms with Crippen LogP contribution in [0, 0.1) is 5.92 Å². The Kier molecular flexibility index (Phi) is 7.83. The Morgan fingerprint density at radius 2 is 2.23 bits per heavy atom. The molecule has 0 saturated carbocycles. The van der Waals surface area contributed by atoms with Gasteiger partial charge in [0.1, 0.15) is 6.73 Å². The van der Waals surface area contributed by atoms with E-state index >= 15 is 0 Å². The van der Waals surface area contributed by atoms with Crippen LogP contribution in [0.3, 0.4) is 0 Å². The average Bonchev–Trinajstić information content (AvgIpc) is 2.10. The van der Waals surface area contributed by atoms with E-state index in [9.17, 15) is 4.79 Å². The van der Waals surface area contributed by atoms with Crippen molar-refractivity contribution in [2.24, 2.45) is 10.9 Å². The standard InChI is InChI=1S/C8H17NO3Si/c1-8(2)4-5-13(11-3)12-7-9-6-10/h8,13H,4-5,7H2,1-3H3. The Hall–Kier alpha value is -0.483. The van der Waals surface area contributed by atoms with Gasteiger partial charge in [-0.15, -0.1) is 0 Å². The fourth-order valence-electron chi connectivity index (χ4n) is 0.885. The monoisotopic (exact) mass is 203 g/mol. The molecule has 1 unspecified atom stereocenters. The second-order valence-corrected chi connectivity index (χ2v) is 5.42. The van der Waals surface area contributed by atoms with Gasteiger partial charge in [0.15, 0.2) is 0 Å². The van der Waals surface area contributed by atoms with Crippen molar-refractivity contribution in [2.45, 2.75) is 26.3 Å². The Bertz CT molecular complexity index is 169. The number of isocyanates is 1. The molecule has 0 fully saturated rings. The van der Waals surface area contributed by atoms with Crippen LogP contribution in [0.4, 0.5) is 0 Å². The summed E-state index contributed by atoms with van der Waals surface area (Å²) in [6.45, 7) is 4.40. The molecule has 0 amide bonds. The smallest absolute Gasteiger partial charge is 0.322 e. The molecule has 0 aliphatic rings. The third-order valence-electron chi connectivity index (χ3n) is 1.63. The minimum absolute atomic E-state index is 0.0896. The molecule has 0 bridgehead atoms. The fourth-order valence-corrected chi connectivity index (χ4v) is 2.60. The van der Waals surface area contributed by atoms with Crippen molar-refractivity contribution in [1.82, 2.24) is 0 Å². The molecule has 0 rings (SSSR count). The highest BCUT2D eigenvalue weighted by atomic mass is 28.3. The van der Waals surface area contributed by atoms with Crippen molar-refractivity contribution >= 4 is 15.4 Å². The number of aliphatic imine (C=N–C) groups is 1. The highest BCUT2D eigenvalue weighted by molar-refractivity contribution is 6.44. The third-order valence-corrected chi connectivity index (χ3v) is 3.48. The van der Waals surface area contributed by atoms with Gasteiger partial charge in [-0.1, -0.05) is 13.8 Å². The largest absolute Gasteiger partial charge is 0.400 e. The van der Waals surface area contributed by atoms with Gasteiger partial charge < -0.3 is 8.85 Å². The molecule has 0 aliphatic carbocycles. The van der Waals surface area contributed by atoms with Crippen molar-refractivity contribution in [3.8, 4) is 0 Å². The van der Waals surface area contributed by atoms with Gasteiger partial charge in [0.25, 0.3) is 0 Å². The predicted octanol–water partition coefficient (Wildman–Crippen LogP) is 1.21. The van der Waals surface area contributed by atoms with Crippen molar-refractivity contribution in [2.75, 3.05) is 13.8 Å². The molecule has 0 aromatic heterocycles. The summed E-state index contributed by atoms with van der Waals surface area (Å²) in [6, 6.07) is 0.961. The predicted molar refractivity (Wildman–Crippen MR) is 52.5 cm³/mol. The Morgan fingerprint density at radius 1 is 1.54 bits per heavy atom. The van der Waals surface area contributed by atoms with Crippen molar-refractivity contribution in [1.29, 1.82) is 0 Å². The van der Waals surface area contributed by atoms with E-state index in [1.165, 1.54) is 6.08 Å². The molecule has 0 saturated heterocycles. The number of carbonyl (C=O) groups excluding carboxylic acids is 1. The number of hydrogen-bond acceptors (Lipinski definition) is 4. The summed E-state index contributed by atoms with van der Waals surface area (Å²) in [6.07, 6.45) is 2.52. The van der Waals surface area contributed by atoms with E-state index in [2.05, 4.69) is 18.8 Å². The minimum Gasteiger partial charge on any atom is -0.400 e. The number of hydrogen-bond donors (Lipinski definition) is 0. The van der Waals surface area contributed by atoms with Crippen LogP contribution < -0.4 is 0 Å². The fraction of sp³-hybridized carbons (Fsp3) is 0.875. The highest BCUT2D eigenvalue weighted by Crippen LogP contribution is 2.08. The van der Waals surface area contributed by atoms with Crippen molar-refractivity contribution < 1.29 is 13.6 Å². The van der Waals surface area contributed by atoms with Gasteiger partial charge in [-0.3, -0.25) is 0 Å². The molecular weight excluding hydrogens is 186 g/mol. The van der Waals surface area contributed by atoms with Gasteiger partial charge >= 0.3 is 9.28 Å². The van der Waals surface area contributed by atoms with Crippen molar-refractivity contribution in [3.05, 3.63) is 0 Å².